The summed E-state index contributed by atoms with van der Waals surface area (Å²) in [6.45, 7) is 6.93. The van der Waals surface area contributed by atoms with Crippen LogP contribution in [-0.4, -0.2) is 85.1 Å². The van der Waals surface area contributed by atoms with Crippen LogP contribution >= 0.6 is 11.3 Å². The number of ether oxygens (including phenoxy) is 1. The Bertz CT molecular complexity index is 1830. The molecule has 3 aliphatic heterocycles. The van der Waals surface area contributed by atoms with Crippen LogP contribution in [0.2, 0.25) is 0 Å². The highest BCUT2D eigenvalue weighted by Gasteiger charge is 2.50. The van der Waals surface area contributed by atoms with Gasteiger partial charge in [-0.05, 0) is 72.4 Å². The lowest BCUT2D eigenvalue weighted by Crippen LogP contribution is -2.46. The number of rotatable bonds is 4. The molecule has 1 aliphatic carbocycles. The summed E-state index contributed by atoms with van der Waals surface area (Å²) in [5.41, 5.74) is 8.83. The maximum atomic E-state index is 11.0. The van der Waals surface area contributed by atoms with Gasteiger partial charge in [0.15, 0.2) is 34.3 Å². The van der Waals surface area contributed by atoms with E-state index in [1.807, 2.05) is 11.6 Å². The number of likely N-dealkylation sites (tertiary alicyclic amines) is 1. The summed E-state index contributed by atoms with van der Waals surface area (Å²) in [5.74, 6) is 1.75. The number of hydrogen-bond acceptors (Lipinski definition) is 13. The first-order valence-corrected chi connectivity index (χ1v) is 16.7. The van der Waals surface area contributed by atoms with Crippen molar-refractivity contribution in [1.82, 2.24) is 35.0 Å². The van der Waals surface area contributed by atoms with E-state index in [2.05, 4.69) is 45.3 Å². The predicted molar refractivity (Wildman–Crippen MR) is 168 cm³/mol. The van der Waals surface area contributed by atoms with Gasteiger partial charge in [0.05, 0.1) is 41.4 Å². The molecule has 4 aromatic rings. The van der Waals surface area contributed by atoms with Gasteiger partial charge in [-0.3, -0.25) is 0 Å². The molecule has 8 rings (SSSR count). The van der Waals surface area contributed by atoms with Crippen molar-refractivity contribution in [3.05, 3.63) is 27.3 Å². The van der Waals surface area contributed by atoms with Gasteiger partial charge < -0.3 is 29.9 Å². The second-order valence-corrected chi connectivity index (χ2v) is 14.7. The molecule has 13 nitrogen and oxygen atoms in total. The van der Waals surface area contributed by atoms with Crippen LogP contribution in [0.5, 0.6) is 0 Å². The first-order valence-electron chi connectivity index (χ1n) is 15.9. The standard InChI is InChI=1S/C31H38N10O3S/c1-17(20-7-5-11-39(20)3)41-29-24(36-38-41)28(40-12-6-9-30(2,42)15-40)34-27(35-29)23-19-14-43-16-31(25(19)44-37-23)10-4-8-21-22(31)18(13-32)26(33)45-21/h17,20,42H,4-12,14-16,33H2,1-3H3. The van der Waals surface area contributed by atoms with Crippen LogP contribution in [0, 0.1) is 11.3 Å². The average molecular weight is 631 g/mol. The van der Waals surface area contributed by atoms with E-state index >= 15 is 0 Å². The predicted octanol–water partition coefficient (Wildman–Crippen LogP) is 3.55. The number of aliphatic hydroxyl groups is 1. The zero-order valence-corrected chi connectivity index (χ0v) is 26.7. The van der Waals surface area contributed by atoms with Gasteiger partial charge in [-0.2, -0.15) is 5.26 Å². The van der Waals surface area contributed by atoms with E-state index in [-0.39, 0.29) is 6.04 Å². The number of piperidine rings is 1. The van der Waals surface area contributed by atoms with Gasteiger partial charge in [0.25, 0.3) is 0 Å². The minimum atomic E-state index is -0.849. The zero-order valence-electron chi connectivity index (χ0n) is 25.9. The molecule has 14 heteroatoms. The van der Waals surface area contributed by atoms with Crippen molar-refractivity contribution in [2.45, 2.75) is 88.5 Å². The van der Waals surface area contributed by atoms with E-state index in [9.17, 15) is 10.4 Å². The third kappa shape index (κ3) is 4.39. The average Bonchev–Trinajstić information content (AvgIpc) is 3.81. The van der Waals surface area contributed by atoms with Crippen LogP contribution in [0.4, 0.5) is 10.8 Å². The molecule has 0 bridgehead atoms. The minimum absolute atomic E-state index is 0.0366. The fourth-order valence-corrected chi connectivity index (χ4v) is 9.41. The Labute approximate surface area is 265 Å². The second-order valence-electron chi connectivity index (χ2n) is 13.5. The first kappa shape index (κ1) is 28.8. The lowest BCUT2D eigenvalue weighted by Gasteiger charge is -2.38. The molecule has 0 amide bonds. The second kappa shape index (κ2) is 10.4. The molecule has 0 radical (unpaired) electrons. The number of anilines is 2. The van der Waals surface area contributed by atoms with Crippen LogP contribution in [0.1, 0.15) is 85.7 Å². The van der Waals surface area contributed by atoms with E-state index in [1.165, 1.54) is 11.3 Å². The van der Waals surface area contributed by atoms with E-state index in [1.54, 1.807) is 0 Å². The Morgan fingerprint density at radius 2 is 2.07 bits per heavy atom. The fourth-order valence-electron chi connectivity index (χ4n) is 8.25. The van der Waals surface area contributed by atoms with Crippen molar-refractivity contribution in [2.24, 2.45) is 0 Å². The van der Waals surface area contributed by atoms with Crippen molar-refractivity contribution >= 4 is 33.3 Å². The van der Waals surface area contributed by atoms with Gasteiger partial charge >= 0.3 is 0 Å². The van der Waals surface area contributed by atoms with Crippen molar-refractivity contribution < 1.29 is 14.4 Å². The molecular formula is C31H38N10O3S. The lowest BCUT2D eigenvalue weighted by molar-refractivity contribution is 0.0448. The van der Waals surface area contributed by atoms with Gasteiger partial charge in [-0.1, -0.05) is 10.4 Å². The molecule has 4 atom stereocenters. The third-order valence-corrected chi connectivity index (χ3v) is 11.5. The van der Waals surface area contributed by atoms with Crippen molar-refractivity contribution in [3.63, 3.8) is 0 Å². The number of aromatic nitrogens is 6. The molecule has 4 aliphatic rings. The summed E-state index contributed by atoms with van der Waals surface area (Å²) in [7, 11) is 2.15. The topological polar surface area (TPSA) is 168 Å². The minimum Gasteiger partial charge on any atom is -0.389 e. The molecule has 0 aromatic carbocycles. The van der Waals surface area contributed by atoms with Crippen molar-refractivity contribution in [3.8, 4) is 17.6 Å². The normalized spacial score (nSPS) is 27.5. The number of thiophene rings is 1. The molecule has 7 heterocycles. The number of fused-ring (bicyclic) bond motifs is 5. The number of likely N-dealkylation sites (N-methyl/N-ethyl adjacent to an activating group) is 1. The molecule has 1 spiro atoms. The van der Waals surface area contributed by atoms with E-state index < -0.39 is 11.0 Å². The quantitative estimate of drug-likeness (QED) is 0.337. The van der Waals surface area contributed by atoms with E-state index in [0.717, 1.165) is 74.0 Å². The molecule has 4 aromatic heterocycles. The SMILES string of the molecule is CC(C1CCCN1C)n1nnc2c(N3CCCC(C)(O)C3)nc(-c3noc4c3COCC43CCCc4sc(N)c(C#N)c43)nc21. The lowest BCUT2D eigenvalue weighted by atomic mass is 9.68. The number of nitrogen functional groups attached to an aromatic ring is 1. The van der Waals surface area contributed by atoms with E-state index in [0.29, 0.717) is 70.6 Å². The summed E-state index contributed by atoms with van der Waals surface area (Å²) in [4.78, 5) is 15.7. The van der Waals surface area contributed by atoms with Crippen LogP contribution in [0.25, 0.3) is 22.7 Å². The maximum Gasteiger partial charge on any atom is 0.186 e. The summed E-state index contributed by atoms with van der Waals surface area (Å²) in [5, 5.41) is 35.5. The molecule has 0 saturated carbocycles. The molecule has 2 fully saturated rings. The molecule has 236 valence electrons. The first-order chi connectivity index (χ1) is 21.7. The largest absolute Gasteiger partial charge is 0.389 e. The van der Waals surface area contributed by atoms with Crippen LogP contribution in [0.3, 0.4) is 0 Å². The van der Waals surface area contributed by atoms with Gasteiger partial charge in [0.2, 0.25) is 0 Å². The zero-order chi connectivity index (χ0) is 31.1. The Balaban J connectivity index is 1.30. The van der Waals surface area contributed by atoms with Gasteiger partial charge in [0.1, 0.15) is 11.1 Å². The van der Waals surface area contributed by atoms with Crippen molar-refractivity contribution in [2.75, 3.05) is 43.9 Å². The summed E-state index contributed by atoms with van der Waals surface area (Å²) >= 11 is 1.49. The maximum absolute atomic E-state index is 11.0. The molecule has 3 N–H and O–H groups in total. The Kier molecular flexibility index (Phi) is 6.69. The van der Waals surface area contributed by atoms with Gasteiger partial charge in [0, 0.05) is 29.6 Å². The van der Waals surface area contributed by atoms with Crippen LogP contribution < -0.4 is 10.6 Å². The van der Waals surface area contributed by atoms with Gasteiger partial charge in [-0.25, -0.2) is 14.6 Å². The number of hydrogen-bond donors (Lipinski definition) is 2. The number of aryl methyl sites for hydroxylation is 1. The highest BCUT2D eigenvalue weighted by molar-refractivity contribution is 7.16. The smallest absolute Gasteiger partial charge is 0.186 e. The van der Waals surface area contributed by atoms with Crippen LogP contribution in [-0.2, 0) is 23.2 Å². The number of nitriles is 1. The highest BCUT2D eigenvalue weighted by atomic mass is 32.1. The van der Waals surface area contributed by atoms with Crippen molar-refractivity contribution in [1.29, 1.82) is 5.26 Å². The molecule has 2 saturated heterocycles. The number of β-amino-alcohol motifs (C(OH)–C–C–N with tert-alkyl or cyclic N) is 1. The van der Waals surface area contributed by atoms with E-state index in [4.69, 9.17) is 25.0 Å². The summed E-state index contributed by atoms with van der Waals surface area (Å²) < 4.78 is 14.4. The third-order valence-electron chi connectivity index (χ3n) is 10.4. The summed E-state index contributed by atoms with van der Waals surface area (Å²) in [6, 6.07) is 2.70. The number of nitrogens with two attached hydrogens (primary N) is 1. The Hall–Kier alpha value is -3.64. The van der Waals surface area contributed by atoms with Gasteiger partial charge in [-0.15, -0.1) is 16.4 Å². The molecular weight excluding hydrogens is 592 g/mol. The van der Waals surface area contributed by atoms with Crippen LogP contribution in [0.15, 0.2) is 4.52 Å². The highest BCUT2D eigenvalue weighted by Crippen LogP contribution is 2.52. The molecule has 45 heavy (non-hydrogen) atoms. The molecule has 4 unspecified atom stereocenters. The fraction of sp³-hybridized carbons (Fsp3) is 0.613. The summed E-state index contributed by atoms with van der Waals surface area (Å²) in [6.07, 6.45) is 6.34. The Morgan fingerprint density at radius 1 is 1.20 bits per heavy atom. The number of nitrogens with zero attached hydrogens (tertiary/aromatic N) is 9. The monoisotopic (exact) mass is 630 g/mol. The Morgan fingerprint density at radius 3 is 2.84 bits per heavy atom.